The second-order valence-corrected chi connectivity index (χ2v) is 3.74. The van der Waals surface area contributed by atoms with Gasteiger partial charge in [0, 0.05) is 18.3 Å². The van der Waals surface area contributed by atoms with E-state index in [1.165, 1.54) is 12.3 Å². The molecule has 0 aliphatic rings. The van der Waals surface area contributed by atoms with Crippen molar-refractivity contribution in [2.45, 2.75) is 13.5 Å². The molecule has 0 saturated heterocycles. The number of aromatic nitrogens is 2. The SMILES string of the molecule is Cc1cc(CNc2ncc(C#N)cc2[N+](=O)[O-])no1. The molecule has 0 saturated carbocycles. The van der Waals surface area contributed by atoms with Crippen molar-refractivity contribution in [2.75, 3.05) is 5.32 Å². The molecule has 0 fully saturated rings. The lowest BCUT2D eigenvalue weighted by Crippen LogP contribution is -2.05. The van der Waals surface area contributed by atoms with Crippen molar-refractivity contribution in [1.82, 2.24) is 10.1 Å². The smallest absolute Gasteiger partial charge is 0.312 e. The van der Waals surface area contributed by atoms with E-state index in [2.05, 4.69) is 15.5 Å². The minimum atomic E-state index is -0.593. The second-order valence-electron chi connectivity index (χ2n) is 3.74. The molecular formula is C11H9N5O3. The normalized spacial score (nSPS) is 9.89. The molecule has 2 rings (SSSR count). The lowest BCUT2D eigenvalue weighted by atomic mass is 10.2. The fourth-order valence-corrected chi connectivity index (χ4v) is 1.47. The van der Waals surface area contributed by atoms with Gasteiger partial charge in [-0.25, -0.2) is 4.98 Å². The monoisotopic (exact) mass is 259 g/mol. The Kier molecular flexibility index (Phi) is 3.38. The first-order valence-electron chi connectivity index (χ1n) is 5.30. The van der Waals surface area contributed by atoms with Gasteiger partial charge in [0.25, 0.3) is 0 Å². The first-order valence-corrected chi connectivity index (χ1v) is 5.30. The molecule has 0 aliphatic carbocycles. The van der Waals surface area contributed by atoms with Crippen molar-refractivity contribution >= 4 is 11.5 Å². The zero-order valence-electron chi connectivity index (χ0n) is 9.95. The van der Waals surface area contributed by atoms with Crippen LogP contribution in [0.25, 0.3) is 0 Å². The van der Waals surface area contributed by atoms with Gasteiger partial charge in [0.1, 0.15) is 17.5 Å². The molecule has 2 aromatic rings. The Morgan fingerprint density at radius 1 is 1.58 bits per heavy atom. The van der Waals surface area contributed by atoms with Crippen molar-refractivity contribution in [1.29, 1.82) is 5.26 Å². The van der Waals surface area contributed by atoms with Gasteiger partial charge < -0.3 is 9.84 Å². The summed E-state index contributed by atoms with van der Waals surface area (Å²) < 4.78 is 4.88. The summed E-state index contributed by atoms with van der Waals surface area (Å²) in [5.74, 6) is 0.740. The van der Waals surface area contributed by atoms with Gasteiger partial charge in [0.2, 0.25) is 5.82 Å². The van der Waals surface area contributed by atoms with Gasteiger partial charge >= 0.3 is 5.69 Å². The fourth-order valence-electron chi connectivity index (χ4n) is 1.47. The summed E-state index contributed by atoms with van der Waals surface area (Å²) in [5, 5.41) is 26.1. The van der Waals surface area contributed by atoms with Crippen LogP contribution in [0.1, 0.15) is 17.0 Å². The molecule has 0 atom stereocenters. The Bertz CT molecular complexity index is 659. The van der Waals surface area contributed by atoms with E-state index in [1.54, 1.807) is 19.1 Å². The van der Waals surface area contributed by atoms with Crippen LogP contribution < -0.4 is 5.32 Å². The molecule has 8 heteroatoms. The van der Waals surface area contributed by atoms with E-state index in [0.717, 1.165) is 0 Å². The molecule has 0 aromatic carbocycles. The van der Waals surface area contributed by atoms with Crippen molar-refractivity contribution in [2.24, 2.45) is 0 Å². The second kappa shape index (κ2) is 5.14. The summed E-state index contributed by atoms with van der Waals surface area (Å²) >= 11 is 0. The summed E-state index contributed by atoms with van der Waals surface area (Å²) in [5.41, 5.74) is 0.492. The molecule has 0 amide bonds. The largest absolute Gasteiger partial charge is 0.361 e. The van der Waals surface area contributed by atoms with Crippen molar-refractivity contribution in [3.8, 4) is 6.07 Å². The molecule has 2 aromatic heterocycles. The highest BCUT2D eigenvalue weighted by Gasteiger charge is 2.16. The van der Waals surface area contributed by atoms with Crippen molar-refractivity contribution in [3.63, 3.8) is 0 Å². The van der Waals surface area contributed by atoms with Crippen LogP contribution in [0.3, 0.4) is 0 Å². The van der Waals surface area contributed by atoms with E-state index in [9.17, 15) is 10.1 Å². The molecule has 0 aliphatic heterocycles. The number of pyridine rings is 1. The van der Waals surface area contributed by atoms with Crippen LogP contribution in [0, 0.1) is 28.4 Å². The van der Waals surface area contributed by atoms with Crippen LogP contribution in [0.2, 0.25) is 0 Å². The average molecular weight is 259 g/mol. The predicted octanol–water partition coefficient (Wildman–Crippen LogP) is 1.77. The van der Waals surface area contributed by atoms with Crippen LogP contribution in [0.5, 0.6) is 0 Å². The van der Waals surface area contributed by atoms with E-state index in [-0.39, 0.29) is 23.6 Å². The highest BCUT2D eigenvalue weighted by molar-refractivity contribution is 5.58. The summed E-state index contributed by atoms with van der Waals surface area (Å²) in [6, 6.07) is 4.69. The van der Waals surface area contributed by atoms with Gasteiger partial charge in [0.05, 0.1) is 17.0 Å². The third kappa shape index (κ3) is 2.84. The standard InChI is InChI=1S/C11H9N5O3/c1-7-2-9(15-19-7)6-14-11-10(16(17)18)3-8(4-12)5-13-11/h2-3,5H,6H2,1H3,(H,13,14). The molecule has 0 bridgehead atoms. The zero-order valence-corrected chi connectivity index (χ0v) is 9.95. The van der Waals surface area contributed by atoms with E-state index in [4.69, 9.17) is 9.78 Å². The minimum absolute atomic E-state index is 0.0876. The molecular weight excluding hydrogens is 250 g/mol. The lowest BCUT2D eigenvalue weighted by molar-refractivity contribution is -0.384. The number of nitrogens with zero attached hydrogens (tertiary/aromatic N) is 4. The van der Waals surface area contributed by atoms with Crippen LogP contribution in [-0.4, -0.2) is 15.1 Å². The summed E-state index contributed by atoms with van der Waals surface area (Å²) in [7, 11) is 0. The summed E-state index contributed by atoms with van der Waals surface area (Å²) in [6.07, 6.45) is 1.27. The first kappa shape index (κ1) is 12.5. The van der Waals surface area contributed by atoms with Crippen LogP contribution in [0.4, 0.5) is 11.5 Å². The number of nitro groups is 1. The first-order chi connectivity index (χ1) is 9.10. The highest BCUT2D eigenvalue weighted by Crippen LogP contribution is 2.22. The molecule has 0 radical (unpaired) electrons. The van der Waals surface area contributed by atoms with Gasteiger partial charge in [-0.05, 0) is 6.92 Å². The Morgan fingerprint density at radius 2 is 2.37 bits per heavy atom. The van der Waals surface area contributed by atoms with Gasteiger partial charge in [-0.2, -0.15) is 5.26 Å². The highest BCUT2D eigenvalue weighted by atomic mass is 16.6. The molecule has 1 N–H and O–H groups in total. The molecule has 19 heavy (non-hydrogen) atoms. The maximum absolute atomic E-state index is 10.9. The van der Waals surface area contributed by atoms with E-state index in [0.29, 0.717) is 11.5 Å². The number of hydrogen-bond acceptors (Lipinski definition) is 7. The molecule has 96 valence electrons. The third-order valence-corrected chi connectivity index (χ3v) is 2.31. The molecule has 0 spiro atoms. The molecule has 8 nitrogen and oxygen atoms in total. The minimum Gasteiger partial charge on any atom is -0.361 e. The van der Waals surface area contributed by atoms with Gasteiger partial charge in [-0.1, -0.05) is 5.16 Å². The maximum Gasteiger partial charge on any atom is 0.312 e. The Hall–Kier alpha value is -2.95. The number of anilines is 1. The maximum atomic E-state index is 10.9. The fraction of sp³-hybridized carbons (Fsp3) is 0.182. The van der Waals surface area contributed by atoms with E-state index >= 15 is 0 Å². The lowest BCUT2D eigenvalue weighted by Gasteiger charge is -2.03. The van der Waals surface area contributed by atoms with Gasteiger partial charge in [-0.15, -0.1) is 0 Å². The summed E-state index contributed by atoms with van der Waals surface area (Å²) in [6.45, 7) is 2.00. The number of aryl methyl sites for hydroxylation is 1. The van der Waals surface area contributed by atoms with Crippen LogP contribution >= 0.6 is 0 Å². The zero-order chi connectivity index (χ0) is 13.8. The Morgan fingerprint density at radius 3 is 2.95 bits per heavy atom. The number of hydrogen-bond donors (Lipinski definition) is 1. The predicted molar refractivity (Wildman–Crippen MR) is 64.2 cm³/mol. The topological polar surface area (TPSA) is 118 Å². The number of nitriles is 1. The van der Waals surface area contributed by atoms with Crippen molar-refractivity contribution < 1.29 is 9.45 Å². The molecule has 2 heterocycles. The Labute approximate surface area is 107 Å². The average Bonchev–Trinajstić information content (AvgIpc) is 2.82. The quantitative estimate of drug-likeness (QED) is 0.656. The summed E-state index contributed by atoms with van der Waals surface area (Å²) in [4.78, 5) is 14.2. The van der Waals surface area contributed by atoms with Gasteiger partial charge in [0.15, 0.2) is 0 Å². The third-order valence-electron chi connectivity index (χ3n) is 2.31. The van der Waals surface area contributed by atoms with Crippen LogP contribution in [0.15, 0.2) is 22.9 Å². The van der Waals surface area contributed by atoms with Crippen LogP contribution in [-0.2, 0) is 6.54 Å². The van der Waals surface area contributed by atoms with E-state index in [1.807, 2.05) is 0 Å². The number of nitrogens with one attached hydrogen (secondary N) is 1. The van der Waals surface area contributed by atoms with Crippen molar-refractivity contribution in [3.05, 3.63) is 45.5 Å². The van der Waals surface area contributed by atoms with Gasteiger partial charge in [-0.3, -0.25) is 10.1 Å². The molecule has 0 unspecified atom stereocenters. The number of rotatable bonds is 4. The van der Waals surface area contributed by atoms with E-state index < -0.39 is 4.92 Å². The Balaban J connectivity index is 2.20.